The van der Waals surface area contributed by atoms with E-state index in [1.807, 2.05) is 26.2 Å². The number of hydrogen-bond acceptors (Lipinski definition) is 7. The van der Waals surface area contributed by atoms with Gasteiger partial charge in [0.25, 0.3) is 0 Å². The lowest BCUT2D eigenvalue weighted by atomic mass is 10.1. The molecule has 0 saturated carbocycles. The van der Waals surface area contributed by atoms with Crippen molar-refractivity contribution in [3.05, 3.63) is 30.0 Å². The average Bonchev–Trinajstić information content (AvgIpc) is 2.96. The molecule has 0 N–H and O–H groups in total. The Kier molecular flexibility index (Phi) is 6.28. The lowest BCUT2D eigenvalue weighted by molar-refractivity contribution is -0.155. The van der Waals surface area contributed by atoms with Crippen molar-refractivity contribution < 1.29 is 23.8 Å². The minimum Gasteiger partial charge on any atom is -0.497 e. The fourth-order valence-corrected chi connectivity index (χ4v) is 3.54. The maximum absolute atomic E-state index is 12.5. The van der Waals surface area contributed by atoms with E-state index in [0.717, 1.165) is 35.4 Å². The molecule has 0 radical (unpaired) electrons. The summed E-state index contributed by atoms with van der Waals surface area (Å²) in [4.78, 5) is 26.4. The van der Waals surface area contributed by atoms with E-state index in [-0.39, 0.29) is 18.7 Å². The minimum absolute atomic E-state index is 0.0805. The molecule has 27 heavy (non-hydrogen) atoms. The lowest BCUT2D eigenvalue weighted by Gasteiger charge is -2.22. The highest BCUT2D eigenvalue weighted by Crippen LogP contribution is 2.27. The van der Waals surface area contributed by atoms with Gasteiger partial charge in [0.1, 0.15) is 5.75 Å². The third kappa shape index (κ3) is 4.56. The Morgan fingerprint density at radius 2 is 2.04 bits per heavy atom. The highest BCUT2D eigenvalue weighted by Gasteiger charge is 2.27. The molecule has 0 unspecified atom stereocenters. The van der Waals surface area contributed by atoms with Crippen molar-refractivity contribution in [2.24, 2.45) is 5.92 Å². The second-order valence-corrected chi connectivity index (χ2v) is 7.76. The van der Waals surface area contributed by atoms with Crippen LogP contribution >= 0.6 is 11.8 Å². The zero-order chi connectivity index (χ0) is 19.4. The number of hydrogen-bond donors (Lipinski definition) is 0. The van der Waals surface area contributed by atoms with Crippen molar-refractivity contribution in [3.63, 3.8) is 0 Å². The van der Waals surface area contributed by atoms with Crippen LogP contribution in [-0.4, -0.2) is 67.6 Å². The largest absolute Gasteiger partial charge is 0.497 e. The third-order valence-electron chi connectivity index (χ3n) is 4.48. The van der Waals surface area contributed by atoms with Gasteiger partial charge in [0.15, 0.2) is 0 Å². The third-order valence-corrected chi connectivity index (χ3v) is 5.75. The molecule has 146 valence electrons. The van der Waals surface area contributed by atoms with Crippen molar-refractivity contribution >= 4 is 34.7 Å². The predicted octanol–water partition coefficient (Wildman–Crippen LogP) is 2.60. The van der Waals surface area contributed by atoms with Crippen LogP contribution in [0.1, 0.15) is 5.56 Å². The van der Waals surface area contributed by atoms with E-state index >= 15 is 0 Å². The number of nitrogens with zero attached hydrogens (tertiary/aromatic N) is 2. The second kappa shape index (κ2) is 8.67. The van der Waals surface area contributed by atoms with Crippen LogP contribution in [0.25, 0.3) is 10.9 Å². The Bertz CT molecular complexity index is 829. The first-order chi connectivity index (χ1) is 13.0. The fraction of sp³-hybridized carbons (Fsp3) is 0.474. The van der Waals surface area contributed by atoms with Crippen LogP contribution in [0.2, 0.25) is 0 Å². The molecule has 3 rings (SSSR count). The topological polar surface area (TPSA) is 70.0 Å². The summed E-state index contributed by atoms with van der Waals surface area (Å²) < 4.78 is 16.9. The lowest BCUT2D eigenvalue weighted by Crippen LogP contribution is -2.30. The molecule has 1 fully saturated rings. The van der Waals surface area contributed by atoms with E-state index in [4.69, 9.17) is 14.2 Å². The van der Waals surface area contributed by atoms with Gasteiger partial charge in [-0.1, -0.05) is 0 Å². The summed E-state index contributed by atoms with van der Waals surface area (Å²) in [5.74, 6) is 1.80. The summed E-state index contributed by atoms with van der Waals surface area (Å²) in [6.07, 6.45) is 1.99. The number of aromatic nitrogens is 1. The predicted molar refractivity (Wildman–Crippen MR) is 104 cm³/mol. The van der Waals surface area contributed by atoms with Crippen LogP contribution in [0.4, 0.5) is 4.79 Å². The SMILES string of the molecule is COc1ccc2c(CCN(C)C)cn(C(=O)OCOC(=O)C3CSC3)c2c1. The van der Waals surface area contributed by atoms with Gasteiger partial charge in [-0.2, -0.15) is 11.8 Å². The van der Waals surface area contributed by atoms with Crippen molar-refractivity contribution in [2.45, 2.75) is 6.42 Å². The standard InChI is InChI=1S/C19H24N2O5S/c1-20(2)7-6-13-9-21(17-8-15(24-3)4-5-16(13)17)19(23)26-12-25-18(22)14-10-27-11-14/h4-5,8-9,14H,6-7,10-12H2,1-3H3. The molecule has 1 saturated heterocycles. The van der Waals surface area contributed by atoms with Crippen molar-refractivity contribution in [3.8, 4) is 5.75 Å². The molecule has 8 heteroatoms. The maximum atomic E-state index is 12.5. The van der Waals surface area contributed by atoms with Crippen molar-refractivity contribution in [1.82, 2.24) is 9.47 Å². The number of benzene rings is 1. The molecular weight excluding hydrogens is 368 g/mol. The number of ether oxygens (including phenoxy) is 3. The summed E-state index contributed by atoms with van der Waals surface area (Å²) in [6.45, 7) is 0.479. The van der Waals surface area contributed by atoms with Gasteiger partial charge in [0.2, 0.25) is 6.79 Å². The molecule has 1 aromatic heterocycles. The smallest absolute Gasteiger partial charge is 0.421 e. The normalized spacial score (nSPS) is 14.2. The van der Waals surface area contributed by atoms with Crippen LogP contribution in [0.5, 0.6) is 5.75 Å². The molecule has 0 atom stereocenters. The molecule has 0 spiro atoms. The van der Waals surface area contributed by atoms with E-state index in [1.54, 1.807) is 31.1 Å². The summed E-state index contributed by atoms with van der Waals surface area (Å²) in [5, 5.41) is 0.970. The van der Waals surface area contributed by atoms with E-state index in [1.165, 1.54) is 4.57 Å². The van der Waals surface area contributed by atoms with Gasteiger partial charge in [-0.25, -0.2) is 4.79 Å². The minimum atomic E-state index is -0.583. The number of carbonyl (C=O) groups is 2. The van der Waals surface area contributed by atoms with Crippen molar-refractivity contribution in [1.29, 1.82) is 0 Å². The highest BCUT2D eigenvalue weighted by molar-refractivity contribution is 8.00. The number of fused-ring (bicyclic) bond motifs is 1. The van der Waals surface area contributed by atoms with Gasteiger partial charge in [0.05, 0.1) is 18.5 Å². The van der Waals surface area contributed by atoms with Gasteiger partial charge in [0, 0.05) is 35.7 Å². The molecule has 0 aliphatic carbocycles. The summed E-state index contributed by atoms with van der Waals surface area (Å²) in [6, 6.07) is 5.61. The van der Waals surface area contributed by atoms with Crippen LogP contribution in [-0.2, 0) is 20.7 Å². The van der Waals surface area contributed by atoms with Crippen LogP contribution in [0, 0.1) is 5.92 Å². The Morgan fingerprint density at radius 1 is 1.26 bits per heavy atom. The fourth-order valence-electron chi connectivity index (χ4n) is 2.80. The molecule has 0 amide bonds. The number of thioether (sulfide) groups is 1. The summed E-state index contributed by atoms with van der Waals surface area (Å²) in [5.41, 5.74) is 1.75. The molecular formula is C19H24N2O5S. The average molecular weight is 392 g/mol. The number of carbonyl (C=O) groups excluding carboxylic acids is 2. The Morgan fingerprint density at radius 3 is 2.67 bits per heavy atom. The first kappa shape index (κ1) is 19.6. The monoisotopic (exact) mass is 392 g/mol. The number of likely N-dealkylation sites (N-methyl/N-ethyl adjacent to an activating group) is 1. The molecule has 0 bridgehead atoms. The zero-order valence-corrected chi connectivity index (χ0v) is 16.6. The van der Waals surface area contributed by atoms with Gasteiger partial charge in [-0.15, -0.1) is 0 Å². The number of rotatable bonds is 7. The second-order valence-electron chi connectivity index (χ2n) is 6.69. The first-order valence-electron chi connectivity index (χ1n) is 8.74. The quantitative estimate of drug-likeness (QED) is 0.530. The van der Waals surface area contributed by atoms with Crippen LogP contribution < -0.4 is 4.74 Å². The van der Waals surface area contributed by atoms with E-state index in [9.17, 15) is 9.59 Å². The van der Waals surface area contributed by atoms with Gasteiger partial charge in [-0.05, 0) is 38.2 Å². The molecule has 1 aromatic carbocycles. The van der Waals surface area contributed by atoms with Crippen molar-refractivity contribution in [2.75, 3.05) is 46.0 Å². The Hall–Kier alpha value is -2.19. The first-order valence-corrected chi connectivity index (χ1v) is 9.89. The Labute approximate surface area is 162 Å². The summed E-state index contributed by atoms with van der Waals surface area (Å²) >= 11 is 1.70. The maximum Gasteiger partial charge on any atom is 0.421 e. The zero-order valence-electron chi connectivity index (χ0n) is 15.8. The summed E-state index contributed by atoms with van der Waals surface area (Å²) in [7, 11) is 5.59. The van der Waals surface area contributed by atoms with E-state index in [0.29, 0.717) is 11.3 Å². The van der Waals surface area contributed by atoms with E-state index < -0.39 is 6.09 Å². The van der Waals surface area contributed by atoms with Crippen LogP contribution in [0.15, 0.2) is 24.4 Å². The van der Waals surface area contributed by atoms with Gasteiger partial charge in [-0.3, -0.25) is 9.36 Å². The Balaban J connectivity index is 1.74. The molecule has 2 aromatic rings. The van der Waals surface area contributed by atoms with Crippen LogP contribution in [0.3, 0.4) is 0 Å². The molecule has 7 nitrogen and oxygen atoms in total. The number of methoxy groups -OCH3 is 1. The molecule has 2 heterocycles. The molecule has 1 aliphatic heterocycles. The van der Waals surface area contributed by atoms with Gasteiger partial charge >= 0.3 is 12.1 Å². The highest BCUT2D eigenvalue weighted by atomic mass is 32.2. The van der Waals surface area contributed by atoms with Gasteiger partial charge < -0.3 is 19.1 Å². The van der Waals surface area contributed by atoms with E-state index in [2.05, 4.69) is 4.90 Å². The molecule has 1 aliphatic rings. The number of esters is 1.